The molecule has 0 radical (unpaired) electrons. The van der Waals surface area contributed by atoms with Crippen LogP contribution in [-0.4, -0.2) is 23.3 Å². The molecule has 6 aliphatic rings. The van der Waals surface area contributed by atoms with Gasteiger partial charge in [0, 0.05) is 28.5 Å². The first-order chi connectivity index (χ1) is 22.3. The smallest absolute Gasteiger partial charge is 0.121 e. The van der Waals surface area contributed by atoms with Gasteiger partial charge in [-0.2, -0.15) is 5.10 Å². The van der Waals surface area contributed by atoms with E-state index in [0.29, 0.717) is 35.6 Å². The molecule has 1 aromatic carbocycles. The Morgan fingerprint density at radius 2 is 1.93 bits per heavy atom. The van der Waals surface area contributed by atoms with Crippen molar-refractivity contribution in [2.75, 3.05) is 6.67 Å². The van der Waals surface area contributed by atoms with Crippen LogP contribution in [0.25, 0.3) is 5.57 Å². The van der Waals surface area contributed by atoms with E-state index in [1.807, 2.05) is 11.8 Å². The number of hydrazone groups is 1. The topological polar surface area (TPSA) is 53.6 Å². The Morgan fingerprint density at radius 1 is 1.07 bits per heavy atom. The van der Waals surface area contributed by atoms with Crippen LogP contribution in [0.2, 0.25) is 0 Å². The van der Waals surface area contributed by atoms with Crippen molar-refractivity contribution < 1.29 is 0 Å². The molecule has 5 aliphatic carbocycles. The summed E-state index contributed by atoms with van der Waals surface area (Å²) in [6.07, 6.45) is 34.1. The Hall–Kier alpha value is -3.02. The number of hydrazine groups is 1. The van der Waals surface area contributed by atoms with Gasteiger partial charge in [0.2, 0.25) is 0 Å². The lowest BCUT2D eigenvalue weighted by Crippen LogP contribution is -2.38. The van der Waals surface area contributed by atoms with Gasteiger partial charge < -0.3 is 5.32 Å². The van der Waals surface area contributed by atoms with E-state index >= 15 is 0 Å². The van der Waals surface area contributed by atoms with E-state index in [1.54, 1.807) is 5.12 Å². The van der Waals surface area contributed by atoms with Gasteiger partial charge in [-0.05, 0) is 126 Å². The summed E-state index contributed by atoms with van der Waals surface area (Å²) < 4.78 is 0. The average molecular weight is 633 g/mol. The number of nitrogens with zero attached hydrogens (tertiary/aromatic N) is 2. The number of allylic oxidation sites excluding steroid dienone is 13. The molecule has 1 aliphatic heterocycles. The minimum Gasteiger partial charge on any atom is -0.368 e. The molecule has 1 fully saturated rings. The zero-order valence-corrected chi connectivity index (χ0v) is 28.8. The Morgan fingerprint density at radius 3 is 2.78 bits per heavy atom. The SMILES string of the molecule is CC1CCC=C(C2=C(NCN(N)/N=C/C3CC(C)CC(C)(C4=CC(C5C=CC=CC5)CC=C4)C3)CC3Sc4ccccc4C3=C2)C1. The number of thioether (sulfide) groups is 1. The maximum atomic E-state index is 6.56. The lowest BCUT2D eigenvalue weighted by atomic mass is 9.62. The lowest BCUT2D eigenvalue weighted by molar-refractivity contribution is 0.183. The molecule has 7 unspecified atom stereocenters. The summed E-state index contributed by atoms with van der Waals surface area (Å²) in [7, 11) is 0. The maximum Gasteiger partial charge on any atom is 0.121 e. The van der Waals surface area contributed by atoms with Crippen molar-refractivity contribution in [3.63, 3.8) is 0 Å². The fourth-order valence-corrected chi connectivity index (χ4v) is 10.4. The van der Waals surface area contributed by atoms with Gasteiger partial charge in [-0.15, -0.1) is 11.8 Å². The summed E-state index contributed by atoms with van der Waals surface area (Å²) in [5.41, 5.74) is 8.79. The molecule has 1 aromatic rings. The van der Waals surface area contributed by atoms with Gasteiger partial charge in [0.1, 0.15) is 6.67 Å². The molecule has 242 valence electrons. The maximum absolute atomic E-state index is 6.56. The normalized spacial score (nSPS) is 33.8. The number of nitrogens with two attached hydrogens (primary N) is 1. The molecular formula is C41H52N4S. The molecule has 1 saturated carbocycles. The van der Waals surface area contributed by atoms with Crippen LogP contribution in [0.5, 0.6) is 0 Å². The molecule has 0 aromatic heterocycles. The van der Waals surface area contributed by atoms with E-state index in [4.69, 9.17) is 10.9 Å². The molecule has 3 N–H and O–H groups in total. The van der Waals surface area contributed by atoms with Crippen molar-refractivity contribution in [2.45, 2.75) is 88.7 Å². The first-order valence-corrected chi connectivity index (χ1v) is 18.6. The van der Waals surface area contributed by atoms with Gasteiger partial charge in [-0.3, -0.25) is 0 Å². The van der Waals surface area contributed by atoms with Crippen LogP contribution in [0.15, 0.2) is 111 Å². The van der Waals surface area contributed by atoms with Gasteiger partial charge in [-0.1, -0.05) is 87.6 Å². The van der Waals surface area contributed by atoms with Crippen LogP contribution in [-0.2, 0) is 0 Å². The molecule has 7 atom stereocenters. The molecular weight excluding hydrogens is 581 g/mol. The van der Waals surface area contributed by atoms with Crippen molar-refractivity contribution in [3.05, 3.63) is 107 Å². The van der Waals surface area contributed by atoms with Crippen LogP contribution in [0.4, 0.5) is 0 Å². The summed E-state index contributed by atoms with van der Waals surface area (Å²) in [5, 5.41) is 10.7. The van der Waals surface area contributed by atoms with Crippen molar-refractivity contribution in [1.82, 2.24) is 10.4 Å². The second kappa shape index (κ2) is 13.6. The summed E-state index contributed by atoms with van der Waals surface area (Å²) in [4.78, 5) is 1.40. The predicted octanol–water partition coefficient (Wildman–Crippen LogP) is 9.73. The largest absolute Gasteiger partial charge is 0.368 e. The first-order valence-electron chi connectivity index (χ1n) is 17.8. The van der Waals surface area contributed by atoms with Gasteiger partial charge in [0.05, 0.1) is 0 Å². The van der Waals surface area contributed by atoms with Crippen LogP contribution in [0.1, 0.15) is 84.1 Å². The van der Waals surface area contributed by atoms with Gasteiger partial charge in [0.15, 0.2) is 0 Å². The number of rotatable bonds is 8. The van der Waals surface area contributed by atoms with E-state index < -0.39 is 0 Å². The van der Waals surface area contributed by atoms with Crippen LogP contribution in [0, 0.1) is 35.0 Å². The molecule has 0 amide bonds. The molecule has 5 heteroatoms. The van der Waals surface area contributed by atoms with Crippen molar-refractivity contribution in [3.8, 4) is 0 Å². The van der Waals surface area contributed by atoms with Crippen LogP contribution < -0.4 is 11.2 Å². The lowest BCUT2D eigenvalue weighted by Gasteiger charge is -2.43. The highest BCUT2D eigenvalue weighted by molar-refractivity contribution is 8.00. The minimum absolute atomic E-state index is 0.169. The minimum atomic E-state index is 0.169. The van der Waals surface area contributed by atoms with Gasteiger partial charge in [-0.25, -0.2) is 11.0 Å². The Labute approximate surface area is 281 Å². The molecule has 7 rings (SSSR count). The highest BCUT2D eigenvalue weighted by atomic mass is 32.2. The Bertz CT molecular complexity index is 1560. The van der Waals surface area contributed by atoms with E-state index in [-0.39, 0.29) is 5.41 Å². The first kappa shape index (κ1) is 31.6. The van der Waals surface area contributed by atoms with Gasteiger partial charge >= 0.3 is 0 Å². The number of nitrogens with one attached hydrogen (secondary N) is 1. The zero-order valence-electron chi connectivity index (χ0n) is 28.0. The number of fused-ring (bicyclic) bond motifs is 3. The molecule has 4 nitrogen and oxygen atoms in total. The monoisotopic (exact) mass is 632 g/mol. The van der Waals surface area contributed by atoms with Gasteiger partial charge in [0.25, 0.3) is 0 Å². The third kappa shape index (κ3) is 6.82. The van der Waals surface area contributed by atoms with Crippen molar-refractivity contribution >= 4 is 23.5 Å². The predicted molar refractivity (Wildman–Crippen MR) is 196 cm³/mol. The van der Waals surface area contributed by atoms with E-state index in [9.17, 15) is 0 Å². The fraction of sp³-hybridized carbons (Fsp3) is 0.488. The second-order valence-electron chi connectivity index (χ2n) is 15.2. The zero-order chi connectivity index (χ0) is 31.7. The highest BCUT2D eigenvalue weighted by Crippen LogP contribution is 2.51. The third-order valence-corrected chi connectivity index (χ3v) is 12.6. The summed E-state index contributed by atoms with van der Waals surface area (Å²) in [5.74, 6) is 9.57. The fourth-order valence-electron chi connectivity index (χ4n) is 9.02. The molecule has 1 heterocycles. The quantitative estimate of drug-likeness (QED) is 0.130. The third-order valence-electron chi connectivity index (χ3n) is 11.3. The van der Waals surface area contributed by atoms with Crippen LogP contribution in [0.3, 0.4) is 0 Å². The van der Waals surface area contributed by atoms with Crippen LogP contribution >= 0.6 is 11.8 Å². The Balaban J connectivity index is 1.03. The molecule has 46 heavy (non-hydrogen) atoms. The van der Waals surface area contributed by atoms with E-state index in [2.05, 4.69) is 111 Å². The Kier molecular flexibility index (Phi) is 9.34. The van der Waals surface area contributed by atoms with Crippen molar-refractivity contribution in [2.24, 2.45) is 45.9 Å². The number of hydrogen-bond donors (Lipinski definition) is 2. The number of benzene rings is 1. The molecule has 0 spiro atoms. The second-order valence-corrected chi connectivity index (χ2v) is 16.4. The standard InChI is InChI=1S/C41H52N4S/c1-28-11-9-15-33(20-28)36-22-37-35-17-7-8-18-39(35)46-40(37)23-38(36)43-27-45(42)44-26-30-19-29(2)24-41(3,25-30)34-16-10-14-32(21-34)31-12-5-4-6-13-31/h4-8,10,12,15-18,21-22,26,28-32,40,43H,9,11,13-14,19-20,23-25,27,42H2,1-3H3/b44-26+. The average Bonchev–Trinajstić information content (AvgIpc) is 3.43. The molecule has 0 bridgehead atoms. The summed E-state index contributed by atoms with van der Waals surface area (Å²) >= 11 is 2.00. The summed E-state index contributed by atoms with van der Waals surface area (Å²) in [6, 6.07) is 8.90. The van der Waals surface area contributed by atoms with Crippen molar-refractivity contribution in [1.29, 1.82) is 0 Å². The van der Waals surface area contributed by atoms with E-state index in [0.717, 1.165) is 38.0 Å². The molecule has 0 saturated heterocycles. The summed E-state index contributed by atoms with van der Waals surface area (Å²) in [6.45, 7) is 7.79. The van der Waals surface area contributed by atoms with E-state index in [1.165, 1.54) is 64.1 Å². The highest BCUT2D eigenvalue weighted by Gasteiger charge is 2.38. The number of hydrogen-bond acceptors (Lipinski definition) is 5.